The van der Waals surface area contributed by atoms with Crippen molar-refractivity contribution in [3.8, 4) is 5.75 Å². The summed E-state index contributed by atoms with van der Waals surface area (Å²) in [6.07, 6.45) is 8.22. The highest BCUT2D eigenvalue weighted by molar-refractivity contribution is 5.40. The standard InChI is InChI=1S/C18H27NO/c1-13-4-3-5-16(8-6-13)19-12-17-11-15-10-14(2)7-9-18(15)20-17/h7,9-10,13,16-17,19H,3-6,8,11-12H2,1-2H3. The minimum Gasteiger partial charge on any atom is -0.488 e. The fourth-order valence-electron chi connectivity index (χ4n) is 3.55. The van der Waals surface area contributed by atoms with Crippen molar-refractivity contribution in [2.45, 2.75) is 64.5 Å². The average Bonchev–Trinajstić information content (AvgIpc) is 2.71. The monoisotopic (exact) mass is 273 g/mol. The summed E-state index contributed by atoms with van der Waals surface area (Å²) in [5.41, 5.74) is 2.71. The molecule has 0 bridgehead atoms. The van der Waals surface area contributed by atoms with Gasteiger partial charge in [0.05, 0.1) is 0 Å². The van der Waals surface area contributed by atoms with Gasteiger partial charge in [0.25, 0.3) is 0 Å². The van der Waals surface area contributed by atoms with Crippen LogP contribution in [0.3, 0.4) is 0 Å². The van der Waals surface area contributed by atoms with Crippen LogP contribution >= 0.6 is 0 Å². The Hall–Kier alpha value is -1.02. The van der Waals surface area contributed by atoms with Gasteiger partial charge >= 0.3 is 0 Å². The summed E-state index contributed by atoms with van der Waals surface area (Å²) in [5.74, 6) is 2.01. The number of hydrogen-bond donors (Lipinski definition) is 1. The molecule has 0 aromatic heterocycles. The van der Waals surface area contributed by atoms with Crippen LogP contribution in [-0.4, -0.2) is 18.7 Å². The fourth-order valence-corrected chi connectivity index (χ4v) is 3.55. The molecule has 1 aromatic carbocycles. The Labute approximate surface area is 122 Å². The Balaban J connectivity index is 1.48. The van der Waals surface area contributed by atoms with Gasteiger partial charge in [0.2, 0.25) is 0 Å². The highest BCUT2D eigenvalue weighted by Gasteiger charge is 2.24. The second kappa shape index (κ2) is 6.17. The molecule has 3 rings (SSSR count). The smallest absolute Gasteiger partial charge is 0.123 e. The number of rotatable bonds is 3. The first-order valence-electron chi connectivity index (χ1n) is 8.20. The van der Waals surface area contributed by atoms with Crippen molar-refractivity contribution in [1.29, 1.82) is 0 Å². The van der Waals surface area contributed by atoms with Gasteiger partial charge < -0.3 is 10.1 Å². The van der Waals surface area contributed by atoms with Crippen molar-refractivity contribution < 1.29 is 4.74 Å². The Morgan fingerprint density at radius 1 is 1.20 bits per heavy atom. The molecule has 1 N–H and O–H groups in total. The third-order valence-corrected chi connectivity index (χ3v) is 4.85. The molecule has 0 radical (unpaired) electrons. The second-order valence-corrected chi connectivity index (χ2v) is 6.77. The van der Waals surface area contributed by atoms with Crippen LogP contribution in [0.25, 0.3) is 0 Å². The van der Waals surface area contributed by atoms with Gasteiger partial charge in [-0.25, -0.2) is 0 Å². The van der Waals surface area contributed by atoms with Gasteiger partial charge in [0, 0.05) is 19.0 Å². The zero-order chi connectivity index (χ0) is 13.9. The van der Waals surface area contributed by atoms with Crippen molar-refractivity contribution in [3.63, 3.8) is 0 Å². The number of aryl methyl sites for hydroxylation is 1. The minimum absolute atomic E-state index is 0.326. The molecule has 20 heavy (non-hydrogen) atoms. The molecule has 0 saturated heterocycles. The Bertz CT molecular complexity index is 457. The molecule has 2 nitrogen and oxygen atoms in total. The van der Waals surface area contributed by atoms with Crippen LogP contribution in [-0.2, 0) is 6.42 Å². The summed E-state index contributed by atoms with van der Waals surface area (Å²) >= 11 is 0. The van der Waals surface area contributed by atoms with Crippen molar-refractivity contribution in [1.82, 2.24) is 5.32 Å². The van der Waals surface area contributed by atoms with E-state index in [2.05, 4.69) is 37.4 Å². The molecule has 0 spiro atoms. The zero-order valence-corrected chi connectivity index (χ0v) is 12.8. The number of benzene rings is 1. The van der Waals surface area contributed by atoms with Gasteiger partial charge in [0.15, 0.2) is 0 Å². The largest absolute Gasteiger partial charge is 0.488 e. The lowest BCUT2D eigenvalue weighted by Crippen LogP contribution is -2.37. The predicted molar refractivity (Wildman–Crippen MR) is 83.3 cm³/mol. The number of ether oxygens (including phenoxy) is 1. The van der Waals surface area contributed by atoms with Gasteiger partial charge in [0.1, 0.15) is 11.9 Å². The molecule has 1 aliphatic carbocycles. The maximum absolute atomic E-state index is 6.04. The summed E-state index contributed by atoms with van der Waals surface area (Å²) in [6, 6.07) is 7.23. The molecule has 1 aliphatic heterocycles. The van der Waals surface area contributed by atoms with Gasteiger partial charge in [-0.3, -0.25) is 0 Å². The van der Waals surface area contributed by atoms with Crippen LogP contribution < -0.4 is 10.1 Å². The SMILES string of the molecule is Cc1ccc2c(c1)CC(CNC1CCCC(C)CC1)O2. The lowest BCUT2D eigenvalue weighted by molar-refractivity contribution is 0.218. The summed E-state index contributed by atoms with van der Waals surface area (Å²) in [5, 5.41) is 3.75. The highest BCUT2D eigenvalue weighted by atomic mass is 16.5. The summed E-state index contributed by atoms with van der Waals surface area (Å²) in [7, 11) is 0. The topological polar surface area (TPSA) is 21.3 Å². The van der Waals surface area contributed by atoms with E-state index in [1.165, 1.54) is 43.2 Å². The van der Waals surface area contributed by atoms with Crippen molar-refractivity contribution in [3.05, 3.63) is 29.3 Å². The van der Waals surface area contributed by atoms with E-state index >= 15 is 0 Å². The van der Waals surface area contributed by atoms with Crippen LogP contribution in [0.5, 0.6) is 5.75 Å². The molecule has 110 valence electrons. The normalized spacial score (nSPS) is 29.6. The van der Waals surface area contributed by atoms with E-state index < -0.39 is 0 Å². The molecule has 0 amide bonds. The quantitative estimate of drug-likeness (QED) is 0.844. The van der Waals surface area contributed by atoms with Crippen LogP contribution in [0.2, 0.25) is 0 Å². The van der Waals surface area contributed by atoms with Crippen LogP contribution in [0.15, 0.2) is 18.2 Å². The maximum Gasteiger partial charge on any atom is 0.123 e. The Morgan fingerprint density at radius 3 is 3.00 bits per heavy atom. The van der Waals surface area contributed by atoms with E-state index in [1.54, 1.807) is 0 Å². The molecule has 1 aromatic rings. The predicted octanol–water partition coefficient (Wildman–Crippen LogP) is 3.86. The third-order valence-electron chi connectivity index (χ3n) is 4.85. The molecular formula is C18H27NO. The van der Waals surface area contributed by atoms with Gasteiger partial charge in [-0.05, 0) is 43.7 Å². The molecule has 1 saturated carbocycles. The first-order valence-corrected chi connectivity index (χ1v) is 8.20. The second-order valence-electron chi connectivity index (χ2n) is 6.77. The highest BCUT2D eigenvalue weighted by Crippen LogP contribution is 2.29. The van der Waals surface area contributed by atoms with Crippen molar-refractivity contribution >= 4 is 0 Å². The van der Waals surface area contributed by atoms with E-state index in [4.69, 9.17) is 4.74 Å². The lowest BCUT2D eigenvalue weighted by atomic mass is 10.0. The molecule has 1 fully saturated rings. The zero-order valence-electron chi connectivity index (χ0n) is 12.8. The van der Waals surface area contributed by atoms with E-state index in [0.29, 0.717) is 12.1 Å². The molecular weight excluding hydrogens is 246 g/mol. The Morgan fingerprint density at radius 2 is 2.10 bits per heavy atom. The molecule has 2 aliphatic rings. The first-order chi connectivity index (χ1) is 9.70. The molecule has 3 atom stereocenters. The van der Waals surface area contributed by atoms with E-state index in [0.717, 1.165) is 24.6 Å². The van der Waals surface area contributed by atoms with Crippen LogP contribution in [0.1, 0.15) is 50.2 Å². The van der Waals surface area contributed by atoms with Crippen LogP contribution in [0.4, 0.5) is 0 Å². The minimum atomic E-state index is 0.326. The third kappa shape index (κ3) is 3.35. The van der Waals surface area contributed by atoms with Crippen molar-refractivity contribution in [2.75, 3.05) is 6.54 Å². The number of nitrogens with one attached hydrogen (secondary N) is 1. The van der Waals surface area contributed by atoms with Gasteiger partial charge in [-0.15, -0.1) is 0 Å². The van der Waals surface area contributed by atoms with Crippen molar-refractivity contribution in [2.24, 2.45) is 5.92 Å². The lowest BCUT2D eigenvalue weighted by Gasteiger charge is -2.19. The summed E-state index contributed by atoms with van der Waals surface area (Å²) in [4.78, 5) is 0. The van der Waals surface area contributed by atoms with E-state index in [9.17, 15) is 0 Å². The van der Waals surface area contributed by atoms with Crippen LogP contribution in [0, 0.1) is 12.8 Å². The average molecular weight is 273 g/mol. The maximum atomic E-state index is 6.04. The Kier molecular flexibility index (Phi) is 4.30. The summed E-state index contributed by atoms with van der Waals surface area (Å²) < 4.78 is 6.04. The van der Waals surface area contributed by atoms with E-state index in [-0.39, 0.29) is 0 Å². The molecule has 3 unspecified atom stereocenters. The van der Waals surface area contributed by atoms with E-state index in [1.807, 2.05) is 0 Å². The van der Waals surface area contributed by atoms with Gasteiger partial charge in [-0.2, -0.15) is 0 Å². The van der Waals surface area contributed by atoms with Gasteiger partial charge in [-0.1, -0.05) is 37.5 Å². The number of fused-ring (bicyclic) bond motifs is 1. The molecule has 1 heterocycles. The molecule has 2 heteroatoms. The first kappa shape index (κ1) is 13.9. The fraction of sp³-hybridized carbons (Fsp3) is 0.667. The summed E-state index contributed by atoms with van der Waals surface area (Å²) in [6.45, 7) is 5.53. The number of hydrogen-bond acceptors (Lipinski definition) is 2.